The van der Waals surface area contributed by atoms with Gasteiger partial charge in [0.15, 0.2) is 0 Å². The molecule has 0 radical (unpaired) electrons. The van der Waals surface area contributed by atoms with E-state index in [4.69, 9.17) is 22.4 Å². The summed E-state index contributed by atoms with van der Waals surface area (Å²) in [5.41, 5.74) is 5.43. The number of carbonyl (C=O) groups is 2. The SMILES string of the molecule is NC[C@H](NC(=O)c1ccc(Br)cc1Cl)C(=O)O. The molecule has 0 fully saturated rings. The van der Waals surface area contributed by atoms with Gasteiger partial charge >= 0.3 is 5.97 Å². The Labute approximate surface area is 111 Å². The van der Waals surface area contributed by atoms with Crippen molar-refractivity contribution < 1.29 is 14.7 Å². The van der Waals surface area contributed by atoms with Crippen LogP contribution >= 0.6 is 27.5 Å². The number of hydrogen-bond donors (Lipinski definition) is 3. The molecule has 4 N–H and O–H groups in total. The van der Waals surface area contributed by atoms with E-state index in [0.717, 1.165) is 4.47 Å². The summed E-state index contributed by atoms with van der Waals surface area (Å²) in [4.78, 5) is 22.4. The van der Waals surface area contributed by atoms with E-state index in [2.05, 4.69) is 21.2 Å². The maximum Gasteiger partial charge on any atom is 0.327 e. The number of hydrogen-bond acceptors (Lipinski definition) is 3. The zero-order chi connectivity index (χ0) is 13.0. The number of nitrogens with two attached hydrogens (primary N) is 1. The van der Waals surface area contributed by atoms with Crippen LogP contribution in [0.3, 0.4) is 0 Å². The van der Waals surface area contributed by atoms with Gasteiger partial charge in [0, 0.05) is 11.0 Å². The number of halogens is 2. The molecule has 0 spiro atoms. The highest BCUT2D eigenvalue weighted by molar-refractivity contribution is 9.10. The van der Waals surface area contributed by atoms with E-state index in [9.17, 15) is 9.59 Å². The maximum absolute atomic E-state index is 11.7. The van der Waals surface area contributed by atoms with Gasteiger partial charge in [0.05, 0.1) is 10.6 Å². The van der Waals surface area contributed by atoms with Gasteiger partial charge in [0.25, 0.3) is 5.91 Å². The minimum absolute atomic E-state index is 0.185. The molecule has 1 amide bonds. The second-order valence-electron chi connectivity index (χ2n) is 3.22. The number of carboxylic acid groups (broad SMARTS) is 1. The Morgan fingerprint density at radius 2 is 2.18 bits per heavy atom. The van der Waals surface area contributed by atoms with E-state index in [1.165, 1.54) is 6.07 Å². The molecule has 17 heavy (non-hydrogen) atoms. The largest absolute Gasteiger partial charge is 0.480 e. The Morgan fingerprint density at radius 3 is 2.65 bits per heavy atom. The summed E-state index contributed by atoms with van der Waals surface area (Å²) in [7, 11) is 0. The Bertz CT molecular complexity index is 453. The summed E-state index contributed by atoms with van der Waals surface area (Å²) in [5.74, 6) is -1.76. The van der Waals surface area contributed by atoms with Gasteiger partial charge < -0.3 is 16.2 Å². The fraction of sp³-hybridized carbons (Fsp3) is 0.200. The summed E-state index contributed by atoms with van der Waals surface area (Å²) in [6.45, 7) is -0.185. The highest BCUT2D eigenvalue weighted by Crippen LogP contribution is 2.21. The van der Waals surface area contributed by atoms with Gasteiger partial charge in [-0.3, -0.25) is 4.79 Å². The normalized spacial score (nSPS) is 11.9. The second kappa shape index (κ2) is 6.00. The van der Waals surface area contributed by atoms with Gasteiger partial charge in [-0.2, -0.15) is 0 Å². The minimum Gasteiger partial charge on any atom is -0.480 e. The van der Waals surface area contributed by atoms with Crippen molar-refractivity contribution in [1.29, 1.82) is 0 Å². The molecular formula is C10H10BrClN2O3. The first kappa shape index (κ1) is 14.0. The minimum atomic E-state index is -1.19. The lowest BCUT2D eigenvalue weighted by atomic mass is 10.2. The Balaban J connectivity index is 2.86. The van der Waals surface area contributed by atoms with E-state index < -0.39 is 17.9 Å². The van der Waals surface area contributed by atoms with Gasteiger partial charge in [0.2, 0.25) is 0 Å². The Morgan fingerprint density at radius 1 is 1.53 bits per heavy atom. The summed E-state index contributed by atoms with van der Waals surface area (Å²) >= 11 is 9.06. The Hall–Kier alpha value is -1.11. The fourth-order valence-corrected chi connectivity index (χ4v) is 1.89. The molecule has 0 aliphatic rings. The van der Waals surface area contributed by atoms with Crippen LogP contribution in [0.15, 0.2) is 22.7 Å². The summed E-state index contributed by atoms with van der Waals surface area (Å²) in [6, 6.07) is 3.56. The molecule has 0 bridgehead atoms. The predicted octanol–water partition coefficient (Wildman–Crippen LogP) is 1.24. The third-order valence-corrected chi connectivity index (χ3v) is 2.82. The number of amides is 1. The van der Waals surface area contributed by atoms with Crippen LogP contribution in [0.25, 0.3) is 0 Å². The molecule has 1 aromatic rings. The van der Waals surface area contributed by atoms with Gasteiger partial charge in [-0.25, -0.2) is 4.79 Å². The van der Waals surface area contributed by atoms with Crippen LogP contribution in [-0.2, 0) is 4.79 Å². The zero-order valence-corrected chi connectivity index (χ0v) is 11.0. The molecule has 0 saturated carbocycles. The number of benzene rings is 1. The van der Waals surface area contributed by atoms with Crippen molar-refractivity contribution in [2.45, 2.75) is 6.04 Å². The highest BCUT2D eigenvalue weighted by atomic mass is 79.9. The number of rotatable bonds is 4. The molecule has 1 atom stereocenters. The molecule has 0 aromatic heterocycles. The third kappa shape index (κ3) is 3.69. The topological polar surface area (TPSA) is 92.4 Å². The summed E-state index contributed by atoms with van der Waals surface area (Å²) in [5, 5.41) is 11.3. The molecule has 1 rings (SSSR count). The van der Waals surface area contributed by atoms with E-state index in [-0.39, 0.29) is 17.1 Å². The van der Waals surface area contributed by atoms with Gasteiger partial charge in [-0.05, 0) is 18.2 Å². The lowest BCUT2D eigenvalue weighted by Gasteiger charge is -2.12. The third-order valence-electron chi connectivity index (χ3n) is 2.01. The van der Waals surface area contributed by atoms with Crippen LogP contribution in [0, 0.1) is 0 Å². The zero-order valence-electron chi connectivity index (χ0n) is 8.61. The van der Waals surface area contributed by atoms with Crippen LogP contribution in [0.4, 0.5) is 0 Å². The molecule has 0 unspecified atom stereocenters. The molecule has 0 heterocycles. The van der Waals surface area contributed by atoms with Crippen LogP contribution < -0.4 is 11.1 Å². The van der Waals surface area contributed by atoms with E-state index >= 15 is 0 Å². The molecule has 5 nitrogen and oxygen atoms in total. The molecule has 0 saturated heterocycles. The quantitative estimate of drug-likeness (QED) is 0.778. The van der Waals surface area contributed by atoms with Crippen molar-refractivity contribution in [2.75, 3.05) is 6.54 Å². The summed E-state index contributed by atoms with van der Waals surface area (Å²) < 4.78 is 0.729. The first-order chi connectivity index (χ1) is 7.95. The van der Waals surface area contributed by atoms with Crippen molar-refractivity contribution >= 4 is 39.4 Å². The van der Waals surface area contributed by atoms with E-state index in [1.807, 2.05) is 0 Å². The molecule has 7 heteroatoms. The van der Waals surface area contributed by atoms with Crippen LogP contribution in [0.1, 0.15) is 10.4 Å². The van der Waals surface area contributed by atoms with E-state index in [1.54, 1.807) is 12.1 Å². The molecule has 92 valence electrons. The van der Waals surface area contributed by atoms with E-state index in [0.29, 0.717) is 0 Å². The standard InChI is InChI=1S/C10H10BrClN2O3/c11-5-1-2-6(7(12)3-5)9(15)14-8(4-13)10(16)17/h1-3,8H,4,13H2,(H,14,15)(H,16,17)/t8-/m0/s1. The first-order valence-corrected chi connectivity index (χ1v) is 5.81. The molecule has 0 aliphatic heterocycles. The molecule has 1 aromatic carbocycles. The smallest absolute Gasteiger partial charge is 0.327 e. The highest BCUT2D eigenvalue weighted by Gasteiger charge is 2.20. The average Bonchev–Trinajstić information content (AvgIpc) is 2.24. The van der Waals surface area contributed by atoms with Crippen LogP contribution in [-0.4, -0.2) is 29.6 Å². The van der Waals surface area contributed by atoms with Gasteiger partial charge in [-0.1, -0.05) is 27.5 Å². The molecular weight excluding hydrogens is 311 g/mol. The second-order valence-corrected chi connectivity index (χ2v) is 4.55. The van der Waals surface area contributed by atoms with Crippen molar-refractivity contribution in [1.82, 2.24) is 5.32 Å². The van der Waals surface area contributed by atoms with Crippen molar-refractivity contribution in [3.05, 3.63) is 33.3 Å². The first-order valence-electron chi connectivity index (χ1n) is 4.64. The number of aliphatic carboxylic acids is 1. The molecule has 0 aliphatic carbocycles. The number of nitrogens with one attached hydrogen (secondary N) is 1. The van der Waals surface area contributed by atoms with Crippen LogP contribution in [0.5, 0.6) is 0 Å². The monoisotopic (exact) mass is 320 g/mol. The van der Waals surface area contributed by atoms with Gasteiger partial charge in [-0.15, -0.1) is 0 Å². The number of carboxylic acids is 1. The predicted molar refractivity (Wildman–Crippen MR) is 67.1 cm³/mol. The lowest BCUT2D eigenvalue weighted by Crippen LogP contribution is -2.45. The number of carbonyl (C=O) groups excluding carboxylic acids is 1. The maximum atomic E-state index is 11.7. The fourth-order valence-electron chi connectivity index (χ4n) is 1.13. The average molecular weight is 322 g/mol. The van der Waals surface area contributed by atoms with Gasteiger partial charge in [0.1, 0.15) is 6.04 Å². The van der Waals surface area contributed by atoms with Crippen molar-refractivity contribution in [3.63, 3.8) is 0 Å². The van der Waals surface area contributed by atoms with Crippen LogP contribution in [0.2, 0.25) is 5.02 Å². The van der Waals surface area contributed by atoms with Crippen molar-refractivity contribution in [2.24, 2.45) is 5.73 Å². The lowest BCUT2D eigenvalue weighted by molar-refractivity contribution is -0.138. The Kier molecular flexibility index (Phi) is 4.92. The van der Waals surface area contributed by atoms with Crippen molar-refractivity contribution in [3.8, 4) is 0 Å². The summed E-state index contributed by atoms with van der Waals surface area (Å²) in [6.07, 6.45) is 0.